The molecule has 204 valence electrons. The van der Waals surface area contributed by atoms with Crippen molar-refractivity contribution in [3.8, 4) is 0 Å². The number of nitrogens with one attached hydrogen (secondary N) is 1. The molecule has 3 atom stereocenters. The van der Waals surface area contributed by atoms with Gasteiger partial charge in [0, 0.05) is 17.4 Å². The van der Waals surface area contributed by atoms with Gasteiger partial charge >= 0.3 is 6.09 Å². The largest absolute Gasteiger partial charge is 0.444 e. The predicted octanol–water partition coefficient (Wildman–Crippen LogP) is 4.55. The highest BCUT2D eigenvalue weighted by molar-refractivity contribution is 8.16. The summed E-state index contributed by atoms with van der Waals surface area (Å²) < 4.78 is 30.3. The van der Waals surface area contributed by atoms with E-state index in [0.29, 0.717) is 11.1 Å². The van der Waals surface area contributed by atoms with Gasteiger partial charge in [-0.2, -0.15) is 4.99 Å². The molecule has 2 fully saturated rings. The van der Waals surface area contributed by atoms with Crippen LogP contribution in [-0.2, 0) is 25.8 Å². The van der Waals surface area contributed by atoms with Crippen molar-refractivity contribution in [3.05, 3.63) is 65.7 Å². The molecule has 2 heterocycles. The molecule has 2 amide bonds. The SMILES string of the molecule is CC(C)c1ccc(N2C(=NC(=O)[C@H](Cc3ccccc3)NC(=O)OC(C)(C)C)S[C@@H]3CS(=O)(=O)C[C@H]32)cc1. The Balaban J connectivity index is 1.65. The number of hydrogen-bond acceptors (Lipinski definition) is 6. The molecule has 2 aliphatic rings. The smallest absolute Gasteiger partial charge is 0.408 e. The number of rotatable bonds is 6. The van der Waals surface area contributed by atoms with Crippen LogP contribution in [0.4, 0.5) is 10.5 Å². The van der Waals surface area contributed by atoms with Crippen molar-refractivity contribution >= 4 is 44.5 Å². The van der Waals surface area contributed by atoms with E-state index in [1.54, 1.807) is 20.8 Å². The van der Waals surface area contributed by atoms with Crippen LogP contribution in [0.3, 0.4) is 0 Å². The topological polar surface area (TPSA) is 105 Å². The van der Waals surface area contributed by atoms with E-state index >= 15 is 0 Å². The summed E-state index contributed by atoms with van der Waals surface area (Å²) in [6.45, 7) is 9.48. The molecule has 0 radical (unpaired) electrons. The molecule has 2 aromatic carbocycles. The molecule has 2 aromatic rings. The van der Waals surface area contributed by atoms with Gasteiger partial charge in [0.2, 0.25) is 0 Å². The molecule has 2 aliphatic heterocycles. The fourth-order valence-electron chi connectivity index (χ4n) is 4.56. The van der Waals surface area contributed by atoms with Gasteiger partial charge < -0.3 is 15.0 Å². The average Bonchev–Trinajstić information content (AvgIpc) is 3.28. The molecule has 10 heteroatoms. The molecule has 0 unspecified atom stereocenters. The minimum atomic E-state index is -3.19. The fraction of sp³-hybridized carbons (Fsp3) is 0.464. The highest BCUT2D eigenvalue weighted by Gasteiger charge is 2.49. The monoisotopic (exact) mass is 557 g/mol. The summed E-state index contributed by atoms with van der Waals surface area (Å²) in [4.78, 5) is 32.5. The summed E-state index contributed by atoms with van der Waals surface area (Å²) in [7, 11) is -3.19. The first-order chi connectivity index (χ1) is 17.8. The second-order valence-corrected chi connectivity index (χ2v) is 14.4. The van der Waals surface area contributed by atoms with Crippen LogP contribution in [0.2, 0.25) is 0 Å². The molecule has 38 heavy (non-hydrogen) atoms. The molecule has 0 saturated carbocycles. The van der Waals surface area contributed by atoms with Gasteiger partial charge in [-0.15, -0.1) is 0 Å². The highest BCUT2D eigenvalue weighted by atomic mass is 32.2. The summed E-state index contributed by atoms with van der Waals surface area (Å²) in [5, 5.41) is 2.92. The van der Waals surface area contributed by atoms with E-state index < -0.39 is 33.5 Å². The first kappa shape index (κ1) is 28.2. The molecule has 4 rings (SSSR count). The molecule has 2 saturated heterocycles. The van der Waals surface area contributed by atoms with E-state index in [0.717, 1.165) is 16.8 Å². The number of amides is 2. The fourth-order valence-corrected chi connectivity index (χ4v) is 8.48. The number of carbonyl (C=O) groups excluding carboxylic acids is 2. The number of fused-ring (bicyclic) bond motifs is 1. The second kappa shape index (κ2) is 11.1. The molecule has 0 spiro atoms. The minimum absolute atomic E-state index is 0.00735. The number of carbonyl (C=O) groups is 2. The number of nitrogens with zero attached hydrogens (tertiary/aromatic N) is 2. The molecule has 0 aromatic heterocycles. The predicted molar refractivity (Wildman–Crippen MR) is 153 cm³/mol. The van der Waals surface area contributed by atoms with Crippen LogP contribution < -0.4 is 10.2 Å². The third-order valence-corrected chi connectivity index (χ3v) is 9.59. The Morgan fingerprint density at radius 3 is 2.34 bits per heavy atom. The van der Waals surface area contributed by atoms with Crippen LogP contribution in [0.15, 0.2) is 59.6 Å². The number of alkyl carbamates (subject to hydrolysis) is 1. The van der Waals surface area contributed by atoms with Crippen LogP contribution in [0.5, 0.6) is 0 Å². The van der Waals surface area contributed by atoms with E-state index in [9.17, 15) is 18.0 Å². The maximum absolute atomic E-state index is 13.6. The van der Waals surface area contributed by atoms with Gasteiger partial charge in [-0.25, -0.2) is 13.2 Å². The number of sulfone groups is 1. The normalized spacial score (nSPS) is 22.4. The van der Waals surface area contributed by atoms with Crippen LogP contribution in [0.1, 0.15) is 51.7 Å². The lowest BCUT2D eigenvalue weighted by Gasteiger charge is -2.26. The van der Waals surface area contributed by atoms with Crippen molar-refractivity contribution in [3.63, 3.8) is 0 Å². The van der Waals surface area contributed by atoms with Crippen LogP contribution in [0.25, 0.3) is 0 Å². The van der Waals surface area contributed by atoms with Gasteiger partial charge in [-0.1, -0.05) is 68.1 Å². The van der Waals surface area contributed by atoms with Gasteiger partial charge in [-0.3, -0.25) is 4.79 Å². The number of ether oxygens (including phenoxy) is 1. The standard InChI is InChI=1S/C28H35N3O5S2/c1-18(2)20-11-13-21(14-12-20)31-23-16-38(34,35)17-24(23)37-26(31)30-25(32)22(15-19-9-7-6-8-10-19)29-27(33)36-28(3,4)5/h6-14,18,22-24H,15-17H2,1-5H3,(H,29,33)/t22-,23+,24+/m0/s1. The van der Waals surface area contributed by atoms with E-state index in [1.165, 1.54) is 11.8 Å². The van der Waals surface area contributed by atoms with Crippen LogP contribution in [-0.4, -0.2) is 60.0 Å². The number of hydrogen-bond donors (Lipinski definition) is 1. The molecular weight excluding hydrogens is 522 g/mol. The Hall–Kier alpha value is -2.85. The minimum Gasteiger partial charge on any atom is -0.444 e. The van der Waals surface area contributed by atoms with E-state index in [1.807, 2.05) is 59.5 Å². The maximum atomic E-state index is 13.6. The summed E-state index contributed by atoms with van der Waals surface area (Å²) >= 11 is 1.31. The number of anilines is 1. The lowest BCUT2D eigenvalue weighted by atomic mass is 10.0. The summed E-state index contributed by atoms with van der Waals surface area (Å²) in [6.07, 6.45) is -0.458. The van der Waals surface area contributed by atoms with Crippen LogP contribution in [0, 0.1) is 0 Å². The van der Waals surface area contributed by atoms with Gasteiger partial charge in [-0.05, 0) is 49.9 Å². The third kappa shape index (κ3) is 6.96. The van der Waals surface area contributed by atoms with Gasteiger partial charge in [0.25, 0.3) is 5.91 Å². The second-order valence-electron chi connectivity index (χ2n) is 11.0. The Kier molecular flexibility index (Phi) is 8.23. The Morgan fingerprint density at radius 2 is 1.74 bits per heavy atom. The van der Waals surface area contributed by atoms with Crippen molar-refractivity contribution in [2.45, 2.75) is 69.9 Å². The number of amidine groups is 1. The maximum Gasteiger partial charge on any atom is 0.408 e. The molecular formula is C28H35N3O5S2. The highest BCUT2D eigenvalue weighted by Crippen LogP contribution is 2.41. The lowest BCUT2D eigenvalue weighted by molar-refractivity contribution is -0.119. The molecule has 0 aliphatic carbocycles. The third-order valence-electron chi connectivity index (χ3n) is 6.38. The Bertz CT molecular complexity index is 1300. The Labute approximate surface area is 229 Å². The van der Waals surface area contributed by atoms with Crippen molar-refractivity contribution in [2.75, 3.05) is 16.4 Å². The van der Waals surface area contributed by atoms with E-state index in [-0.39, 0.29) is 29.2 Å². The van der Waals surface area contributed by atoms with Crippen molar-refractivity contribution in [2.24, 2.45) is 4.99 Å². The van der Waals surface area contributed by atoms with E-state index in [4.69, 9.17) is 4.74 Å². The molecule has 1 N–H and O–H groups in total. The first-order valence-corrected chi connectivity index (χ1v) is 15.4. The number of thioether (sulfide) groups is 1. The quantitative estimate of drug-likeness (QED) is 0.556. The first-order valence-electron chi connectivity index (χ1n) is 12.7. The summed E-state index contributed by atoms with van der Waals surface area (Å²) in [6, 6.07) is 16.0. The van der Waals surface area contributed by atoms with Gasteiger partial charge in [0.15, 0.2) is 15.0 Å². The van der Waals surface area contributed by atoms with Gasteiger partial charge in [0.05, 0.1) is 17.5 Å². The van der Waals surface area contributed by atoms with E-state index in [2.05, 4.69) is 24.2 Å². The molecule has 0 bridgehead atoms. The Morgan fingerprint density at radius 1 is 1.08 bits per heavy atom. The number of aliphatic imine (C=N–C) groups is 1. The number of benzene rings is 2. The summed E-state index contributed by atoms with van der Waals surface area (Å²) in [5.41, 5.74) is 2.10. The lowest BCUT2D eigenvalue weighted by Crippen LogP contribution is -2.45. The zero-order valence-corrected chi connectivity index (χ0v) is 24.0. The van der Waals surface area contributed by atoms with Gasteiger partial charge in [0.1, 0.15) is 11.6 Å². The average molecular weight is 558 g/mol. The summed E-state index contributed by atoms with van der Waals surface area (Å²) in [5.74, 6) is -0.120. The van der Waals surface area contributed by atoms with Crippen molar-refractivity contribution < 1.29 is 22.7 Å². The van der Waals surface area contributed by atoms with Crippen LogP contribution >= 0.6 is 11.8 Å². The van der Waals surface area contributed by atoms with Crippen molar-refractivity contribution in [1.82, 2.24) is 5.32 Å². The van der Waals surface area contributed by atoms with Crippen molar-refractivity contribution in [1.29, 1.82) is 0 Å². The molecule has 8 nitrogen and oxygen atoms in total. The zero-order chi connectivity index (χ0) is 27.7. The zero-order valence-electron chi connectivity index (χ0n) is 22.4.